The summed E-state index contributed by atoms with van der Waals surface area (Å²) in [4.78, 5) is 31.3. The summed E-state index contributed by atoms with van der Waals surface area (Å²) in [6.45, 7) is 5.44. The quantitative estimate of drug-likeness (QED) is 0.491. The summed E-state index contributed by atoms with van der Waals surface area (Å²) in [6.07, 6.45) is 6.72. The standard InChI is InChI=1S/C23H23ClN6O2/c1-23(2)12-30(10-15-3-5-26-13-27-15)20(11-32-23)22(31)29-18-8-14(24)7-17-16-4-6-25-9-19(16)28-21(17)18/h3-9,13,20,28H,10-12H2,1-2H3,(H,29,31)/t20-/m0/s1. The van der Waals surface area contributed by atoms with Gasteiger partial charge in [0.2, 0.25) is 5.91 Å². The van der Waals surface area contributed by atoms with Crippen LogP contribution < -0.4 is 5.32 Å². The van der Waals surface area contributed by atoms with Crippen LogP contribution in [0, 0.1) is 0 Å². The van der Waals surface area contributed by atoms with Gasteiger partial charge in [-0.25, -0.2) is 9.97 Å². The summed E-state index contributed by atoms with van der Waals surface area (Å²) in [5.41, 5.74) is 2.81. The number of nitrogens with one attached hydrogen (secondary N) is 2. The highest BCUT2D eigenvalue weighted by molar-refractivity contribution is 6.33. The third-order valence-corrected chi connectivity index (χ3v) is 5.92. The minimum Gasteiger partial charge on any atom is -0.372 e. The normalized spacial score (nSPS) is 18.8. The number of anilines is 1. The van der Waals surface area contributed by atoms with Crippen molar-refractivity contribution in [2.24, 2.45) is 0 Å². The van der Waals surface area contributed by atoms with E-state index in [1.807, 2.05) is 32.0 Å². The zero-order valence-corrected chi connectivity index (χ0v) is 18.6. The van der Waals surface area contributed by atoms with E-state index < -0.39 is 6.04 Å². The number of carbonyl (C=O) groups is 1. The number of amides is 1. The van der Waals surface area contributed by atoms with Gasteiger partial charge in [0, 0.05) is 41.3 Å². The number of nitrogens with zero attached hydrogens (tertiary/aromatic N) is 4. The molecule has 4 aromatic rings. The van der Waals surface area contributed by atoms with E-state index in [0.717, 1.165) is 27.5 Å². The maximum absolute atomic E-state index is 13.4. The lowest BCUT2D eigenvalue weighted by atomic mass is 10.0. The van der Waals surface area contributed by atoms with Crippen molar-refractivity contribution < 1.29 is 9.53 Å². The maximum Gasteiger partial charge on any atom is 0.244 e. The Labute approximate surface area is 190 Å². The van der Waals surface area contributed by atoms with Crippen LogP contribution in [0.2, 0.25) is 5.02 Å². The lowest BCUT2D eigenvalue weighted by molar-refractivity contribution is -0.144. The fourth-order valence-corrected chi connectivity index (χ4v) is 4.43. The summed E-state index contributed by atoms with van der Waals surface area (Å²) >= 11 is 6.39. The van der Waals surface area contributed by atoms with Crippen molar-refractivity contribution in [3.63, 3.8) is 0 Å². The fourth-order valence-electron chi connectivity index (χ4n) is 4.21. The first-order valence-corrected chi connectivity index (χ1v) is 10.8. The number of carbonyl (C=O) groups excluding carboxylic acids is 1. The Morgan fingerprint density at radius 2 is 2.12 bits per heavy atom. The van der Waals surface area contributed by atoms with Gasteiger partial charge in [-0.3, -0.25) is 14.7 Å². The maximum atomic E-state index is 13.4. The number of H-pyrrole nitrogens is 1. The minimum atomic E-state index is -0.474. The molecule has 0 radical (unpaired) electrons. The highest BCUT2D eigenvalue weighted by atomic mass is 35.5. The Morgan fingerprint density at radius 3 is 2.94 bits per heavy atom. The first-order valence-electron chi connectivity index (χ1n) is 10.4. The molecule has 0 aliphatic carbocycles. The van der Waals surface area contributed by atoms with Crippen molar-refractivity contribution >= 4 is 45.0 Å². The van der Waals surface area contributed by atoms with Crippen LogP contribution in [-0.2, 0) is 16.1 Å². The molecule has 1 amide bonds. The highest BCUT2D eigenvalue weighted by Crippen LogP contribution is 2.33. The molecule has 0 bridgehead atoms. The molecule has 0 saturated carbocycles. The zero-order chi connectivity index (χ0) is 22.3. The van der Waals surface area contributed by atoms with Gasteiger partial charge in [0.05, 0.1) is 40.8 Å². The number of hydrogen-bond donors (Lipinski definition) is 2. The fraction of sp³-hybridized carbons (Fsp3) is 0.304. The van der Waals surface area contributed by atoms with Crippen LogP contribution >= 0.6 is 11.6 Å². The summed E-state index contributed by atoms with van der Waals surface area (Å²) in [5.74, 6) is -0.157. The van der Waals surface area contributed by atoms with E-state index in [4.69, 9.17) is 16.3 Å². The average Bonchev–Trinajstić information content (AvgIpc) is 3.13. The Balaban J connectivity index is 1.46. The van der Waals surface area contributed by atoms with E-state index in [9.17, 15) is 4.79 Å². The molecule has 1 aliphatic heterocycles. The molecule has 4 heterocycles. The summed E-state index contributed by atoms with van der Waals surface area (Å²) in [7, 11) is 0. The highest BCUT2D eigenvalue weighted by Gasteiger charge is 2.38. The average molecular weight is 451 g/mol. The van der Waals surface area contributed by atoms with E-state index in [2.05, 4.69) is 30.2 Å². The second kappa shape index (κ2) is 8.12. The molecule has 3 aromatic heterocycles. The van der Waals surface area contributed by atoms with Crippen LogP contribution in [-0.4, -0.2) is 55.5 Å². The molecule has 1 aromatic carbocycles. The molecule has 1 saturated heterocycles. The lowest BCUT2D eigenvalue weighted by Gasteiger charge is -2.42. The van der Waals surface area contributed by atoms with Crippen LogP contribution in [0.25, 0.3) is 21.8 Å². The number of fused-ring (bicyclic) bond motifs is 3. The molecule has 32 heavy (non-hydrogen) atoms. The van der Waals surface area contributed by atoms with Crippen molar-refractivity contribution in [3.05, 3.63) is 59.9 Å². The molecular formula is C23H23ClN6O2. The topological polar surface area (TPSA) is 96.0 Å². The van der Waals surface area contributed by atoms with Crippen molar-refractivity contribution in [3.8, 4) is 0 Å². The third kappa shape index (κ3) is 4.04. The lowest BCUT2D eigenvalue weighted by Crippen LogP contribution is -2.57. The van der Waals surface area contributed by atoms with E-state index in [1.54, 1.807) is 24.7 Å². The number of pyridine rings is 1. The van der Waals surface area contributed by atoms with E-state index in [-0.39, 0.29) is 18.1 Å². The molecular weight excluding hydrogens is 428 g/mol. The zero-order valence-electron chi connectivity index (χ0n) is 17.8. The Hall–Kier alpha value is -3.07. The Kier molecular flexibility index (Phi) is 5.28. The van der Waals surface area contributed by atoms with Crippen LogP contribution in [0.3, 0.4) is 0 Å². The van der Waals surface area contributed by atoms with Crippen LogP contribution in [0.5, 0.6) is 0 Å². The van der Waals surface area contributed by atoms with Gasteiger partial charge in [0.25, 0.3) is 0 Å². The van der Waals surface area contributed by atoms with E-state index in [0.29, 0.717) is 23.8 Å². The van der Waals surface area contributed by atoms with Gasteiger partial charge in [0.1, 0.15) is 12.4 Å². The Bertz CT molecular complexity index is 1290. The van der Waals surface area contributed by atoms with Gasteiger partial charge in [0.15, 0.2) is 0 Å². The van der Waals surface area contributed by atoms with Gasteiger partial charge in [-0.15, -0.1) is 0 Å². The van der Waals surface area contributed by atoms with Crippen LogP contribution in [0.4, 0.5) is 5.69 Å². The van der Waals surface area contributed by atoms with Gasteiger partial charge >= 0.3 is 0 Å². The molecule has 1 aliphatic rings. The molecule has 8 nitrogen and oxygen atoms in total. The van der Waals surface area contributed by atoms with Crippen LogP contribution in [0.15, 0.2) is 49.2 Å². The molecule has 164 valence electrons. The Morgan fingerprint density at radius 1 is 1.28 bits per heavy atom. The predicted molar refractivity (Wildman–Crippen MR) is 124 cm³/mol. The molecule has 2 N–H and O–H groups in total. The summed E-state index contributed by atoms with van der Waals surface area (Å²) in [5, 5.41) is 5.55. The monoisotopic (exact) mass is 450 g/mol. The number of hydrogen-bond acceptors (Lipinski definition) is 6. The molecule has 0 spiro atoms. The van der Waals surface area contributed by atoms with Gasteiger partial charge in [-0.05, 0) is 38.1 Å². The minimum absolute atomic E-state index is 0.157. The van der Waals surface area contributed by atoms with Crippen molar-refractivity contribution in [2.75, 3.05) is 18.5 Å². The second-order valence-corrected chi connectivity index (χ2v) is 9.04. The van der Waals surface area contributed by atoms with E-state index in [1.165, 1.54) is 6.33 Å². The molecule has 0 unspecified atom stereocenters. The second-order valence-electron chi connectivity index (χ2n) is 8.60. The number of rotatable bonds is 4. The third-order valence-electron chi connectivity index (χ3n) is 5.70. The number of ether oxygens (including phenoxy) is 1. The van der Waals surface area contributed by atoms with Gasteiger partial charge in [-0.1, -0.05) is 11.6 Å². The first-order chi connectivity index (χ1) is 15.4. The van der Waals surface area contributed by atoms with E-state index >= 15 is 0 Å². The number of halogens is 1. The first kappa shape index (κ1) is 20.8. The SMILES string of the molecule is CC1(C)CN(Cc2ccncn2)[C@H](C(=O)Nc2cc(Cl)cc3c2[nH]c2cnccc23)CO1. The largest absolute Gasteiger partial charge is 0.372 e. The number of benzene rings is 1. The molecule has 1 atom stereocenters. The van der Waals surface area contributed by atoms with Crippen molar-refractivity contribution in [1.29, 1.82) is 0 Å². The number of aromatic amines is 1. The number of aromatic nitrogens is 4. The molecule has 5 rings (SSSR count). The molecule has 9 heteroatoms. The number of morpholine rings is 1. The smallest absolute Gasteiger partial charge is 0.244 e. The predicted octanol–water partition coefficient (Wildman–Crippen LogP) is 3.78. The summed E-state index contributed by atoms with van der Waals surface area (Å²) < 4.78 is 5.99. The van der Waals surface area contributed by atoms with Gasteiger partial charge < -0.3 is 15.0 Å². The van der Waals surface area contributed by atoms with Crippen LogP contribution in [0.1, 0.15) is 19.5 Å². The van der Waals surface area contributed by atoms with Crippen molar-refractivity contribution in [2.45, 2.75) is 32.0 Å². The van der Waals surface area contributed by atoms with Gasteiger partial charge in [-0.2, -0.15) is 0 Å². The summed E-state index contributed by atoms with van der Waals surface area (Å²) in [6, 6.07) is 6.96. The van der Waals surface area contributed by atoms with Crippen molar-refractivity contribution in [1.82, 2.24) is 24.8 Å². The molecule has 1 fully saturated rings.